The zero-order valence-corrected chi connectivity index (χ0v) is 13.5. The molecule has 0 aliphatic rings. The van der Waals surface area contributed by atoms with Crippen molar-refractivity contribution >= 4 is 34.7 Å². The SMILES string of the molecule is CN(C)C(CNC(=O)Nc1cccc(Cl)c1)c1cccs1. The van der Waals surface area contributed by atoms with E-state index in [4.69, 9.17) is 11.6 Å². The van der Waals surface area contributed by atoms with Crippen LogP contribution < -0.4 is 10.6 Å². The molecule has 1 unspecified atom stereocenters. The zero-order chi connectivity index (χ0) is 15.2. The van der Waals surface area contributed by atoms with Gasteiger partial charge in [0.05, 0.1) is 6.04 Å². The van der Waals surface area contributed by atoms with Crippen molar-refractivity contribution in [2.45, 2.75) is 6.04 Å². The number of hydrogen-bond acceptors (Lipinski definition) is 3. The standard InChI is InChI=1S/C15H18ClN3OS/c1-19(2)13(14-7-4-8-21-14)10-17-15(20)18-12-6-3-5-11(16)9-12/h3-9,13H,10H2,1-2H3,(H2,17,18,20). The van der Waals surface area contributed by atoms with E-state index in [0.717, 1.165) is 0 Å². The number of carbonyl (C=O) groups excluding carboxylic acids is 1. The summed E-state index contributed by atoms with van der Waals surface area (Å²) in [5.41, 5.74) is 0.678. The summed E-state index contributed by atoms with van der Waals surface area (Å²) in [6.07, 6.45) is 0. The predicted molar refractivity (Wildman–Crippen MR) is 89.2 cm³/mol. The van der Waals surface area contributed by atoms with Crippen LogP contribution in [0.15, 0.2) is 41.8 Å². The highest BCUT2D eigenvalue weighted by atomic mass is 35.5. The Morgan fingerprint density at radius 1 is 1.33 bits per heavy atom. The van der Waals surface area contributed by atoms with Crippen LogP contribution in [0, 0.1) is 0 Å². The largest absolute Gasteiger partial charge is 0.336 e. The number of hydrogen-bond donors (Lipinski definition) is 2. The first-order chi connectivity index (χ1) is 10.1. The van der Waals surface area contributed by atoms with E-state index in [1.165, 1.54) is 4.88 Å². The smallest absolute Gasteiger partial charge is 0.319 e. The molecule has 2 N–H and O–H groups in total. The van der Waals surface area contributed by atoms with Crippen LogP contribution in [0.5, 0.6) is 0 Å². The minimum absolute atomic E-state index is 0.162. The summed E-state index contributed by atoms with van der Waals surface area (Å²) >= 11 is 7.57. The first-order valence-corrected chi connectivity index (χ1v) is 7.82. The minimum atomic E-state index is -0.235. The Hall–Kier alpha value is -1.56. The molecule has 0 aliphatic heterocycles. The molecule has 4 nitrogen and oxygen atoms in total. The van der Waals surface area contributed by atoms with E-state index in [1.54, 1.807) is 35.6 Å². The normalized spacial score (nSPS) is 12.2. The molecule has 112 valence electrons. The molecule has 0 radical (unpaired) electrons. The maximum atomic E-state index is 11.9. The van der Waals surface area contributed by atoms with Crippen LogP contribution >= 0.6 is 22.9 Å². The molecular formula is C15H18ClN3OS. The van der Waals surface area contributed by atoms with Gasteiger partial charge in [-0.05, 0) is 43.7 Å². The van der Waals surface area contributed by atoms with Gasteiger partial charge in [0.25, 0.3) is 0 Å². The molecule has 0 saturated carbocycles. The fourth-order valence-corrected chi connectivity index (χ4v) is 3.06. The average molecular weight is 324 g/mol. The molecule has 2 amide bonds. The van der Waals surface area contributed by atoms with Gasteiger partial charge < -0.3 is 15.5 Å². The quantitative estimate of drug-likeness (QED) is 0.878. The maximum absolute atomic E-state index is 11.9. The van der Waals surface area contributed by atoms with Crippen LogP contribution in [0.25, 0.3) is 0 Å². The van der Waals surface area contributed by atoms with Gasteiger partial charge in [0.15, 0.2) is 0 Å². The molecule has 1 aromatic carbocycles. The number of benzene rings is 1. The van der Waals surface area contributed by atoms with Crippen LogP contribution in [-0.4, -0.2) is 31.6 Å². The van der Waals surface area contributed by atoms with E-state index in [1.807, 2.05) is 25.5 Å². The molecule has 0 aliphatic carbocycles. The molecule has 21 heavy (non-hydrogen) atoms. The molecule has 2 aromatic rings. The average Bonchev–Trinajstić information content (AvgIpc) is 2.92. The third-order valence-electron chi connectivity index (χ3n) is 3.03. The number of nitrogens with zero attached hydrogens (tertiary/aromatic N) is 1. The highest BCUT2D eigenvalue weighted by Crippen LogP contribution is 2.22. The highest BCUT2D eigenvalue weighted by Gasteiger charge is 2.16. The van der Waals surface area contributed by atoms with Gasteiger partial charge in [-0.25, -0.2) is 4.79 Å². The number of anilines is 1. The molecule has 1 aromatic heterocycles. The lowest BCUT2D eigenvalue weighted by atomic mass is 10.2. The van der Waals surface area contributed by atoms with Crippen molar-refractivity contribution in [3.8, 4) is 0 Å². The fraction of sp³-hybridized carbons (Fsp3) is 0.267. The monoisotopic (exact) mass is 323 g/mol. The third-order valence-corrected chi connectivity index (χ3v) is 4.24. The Morgan fingerprint density at radius 2 is 2.14 bits per heavy atom. The van der Waals surface area contributed by atoms with Gasteiger partial charge in [0, 0.05) is 22.1 Å². The van der Waals surface area contributed by atoms with Crippen molar-refractivity contribution < 1.29 is 4.79 Å². The molecule has 0 bridgehead atoms. The summed E-state index contributed by atoms with van der Waals surface area (Å²) in [7, 11) is 4.00. The van der Waals surface area contributed by atoms with Crippen LogP contribution in [0.4, 0.5) is 10.5 Å². The fourth-order valence-electron chi connectivity index (χ4n) is 1.95. The second-order valence-electron chi connectivity index (χ2n) is 4.84. The van der Waals surface area contributed by atoms with Crippen LogP contribution in [0.3, 0.4) is 0 Å². The van der Waals surface area contributed by atoms with Gasteiger partial charge in [0.1, 0.15) is 0 Å². The number of halogens is 1. The van der Waals surface area contributed by atoms with Gasteiger partial charge in [-0.15, -0.1) is 11.3 Å². The van der Waals surface area contributed by atoms with E-state index in [9.17, 15) is 4.79 Å². The summed E-state index contributed by atoms with van der Waals surface area (Å²) in [6, 6.07) is 11.1. The van der Waals surface area contributed by atoms with Crippen molar-refractivity contribution in [1.29, 1.82) is 0 Å². The first kappa shape index (κ1) is 15.8. The molecular weight excluding hydrogens is 306 g/mol. The summed E-state index contributed by atoms with van der Waals surface area (Å²) in [4.78, 5) is 15.3. The Morgan fingerprint density at radius 3 is 2.76 bits per heavy atom. The third kappa shape index (κ3) is 4.74. The lowest BCUT2D eigenvalue weighted by Crippen LogP contribution is -2.36. The van der Waals surface area contributed by atoms with Crippen LogP contribution in [0.1, 0.15) is 10.9 Å². The topological polar surface area (TPSA) is 44.4 Å². The number of carbonyl (C=O) groups is 1. The molecule has 6 heteroatoms. The molecule has 1 heterocycles. The van der Waals surface area contributed by atoms with Gasteiger partial charge in [-0.3, -0.25) is 0 Å². The summed E-state index contributed by atoms with van der Waals surface area (Å²) in [6.45, 7) is 0.542. The Balaban J connectivity index is 1.90. The van der Waals surface area contributed by atoms with Crippen LogP contribution in [-0.2, 0) is 0 Å². The summed E-state index contributed by atoms with van der Waals surface area (Å²) in [5, 5.41) is 8.30. The van der Waals surface area contributed by atoms with E-state index in [0.29, 0.717) is 17.3 Å². The Bertz CT molecular complexity index is 586. The number of nitrogens with one attached hydrogen (secondary N) is 2. The summed E-state index contributed by atoms with van der Waals surface area (Å²) in [5.74, 6) is 0. The highest BCUT2D eigenvalue weighted by molar-refractivity contribution is 7.10. The molecule has 1 atom stereocenters. The van der Waals surface area contributed by atoms with E-state index in [-0.39, 0.29) is 12.1 Å². The molecule has 0 fully saturated rings. The van der Waals surface area contributed by atoms with Crippen LogP contribution in [0.2, 0.25) is 5.02 Å². The van der Waals surface area contributed by atoms with Crippen molar-refractivity contribution in [2.75, 3.05) is 26.0 Å². The maximum Gasteiger partial charge on any atom is 0.319 e. The number of rotatable bonds is 5. The Kier molecular flexibility index (Phi) is 5.61. The Labute approximate surface area is 133 Å². The van der Waals surface area contributed by atoms with Gasteiger partial charge in [-0.1, -0.05) is 23.7 Å². The van der Waals surface area contributed by atoms with Crippen molar-refractivity contribution in [2.24, 2.45) is 0 Å². The molecule has 2 rings (SSSR count). The molecule has 0 saturated heterocycles. The van der Waals surface area contributed by atoms with E-state index in [2.05, 4.69) is 21.6 Å². The summed E-state index contributed by atoms with van der Waals surface area (Å²) < 4.78 is 0. The van der Waals surface area contributed by atoms with Gasteiger partial charge in [0.2, 0.25) is 0 Å². The number of thiophene rings is 1. The lowest BCUT2D eigenvalue weighted by Gasteiger charge is -2.23. The molecule has 0 spiro atoms. The second-order valence-corrected chi connectivity index (χ2v) is 6.26. The van der Waals surface area contributed by atoms with Gasteiger partial charge in [-0.2, -0.15) is 0 Å². The van der Waals surface area contributed by atoms with Crippen molar-refractivity contribution in [1.82, 2.24) is 10.2 Å². The second kappa shape index (κ2) is 7.45. The zero-order valence-electron chi connectivity index (χ0n) is 12.0. The number of likely N-dealkylation sites (N-methyl/N-ethyl adjacent to an activating group) is 1. The number of urea groups is 1. The number of amides is 2. The van der Waals surface area contributed by atoms with Crippen molar-refractivity contribution in [3.05, 3.63) is 51.7 Å². The predicted octanol–water partition coefficient (Wildman–Crippen LogP) is 3.83. The lowest BCUT2D eigenvalue weighted by molar-refractivity contribution is 0.244. The van der Waals surface area contributed by atoms with Crippen molar-refractivity contribution in [3.63, 3.8) is 0 Å². The first-order valence-electron chi connectivity index (χ1n) is 6.56. The van der Waals surface area contributed by atoms with E-state index < -0.39 is 0 Å². The van der Waals surface area contributed by atoms with E-state index >= 15 is 0 Å². The minimum Gasteiger partial charge on any atom is -0.336 e. The van der Waals surface area contributed by atoms with Gasteiger partial charge >= 0.3 is 6.03 Å².